The molecule has 1 N–H and O–H groups in total. The van der Waals surface area contributed by atoms with Crippen molar-refractivity contribution in [1.29, 1.82) is 0 Å². The van der Waals surface area contributed by atoms with Crippen molar-refractivity contribution in [2.24, 2.45) is 11.3 Å². The van der Waals surface area contributed by atoms with Crippen molar-refractivity contribution in [3.8, 4) is 0 Å². The summed E-state index contributed by atoms with van der Waals surface area (Å²) in [4.78, 5) is 15.4. The van der Waals surface area contributed by atoms with Crippen LogP contribution in [0.2, 0.25) is 0 Å². The van der Waals surface area contributed by atoms with Gasteiger partial charge in [0, 0.05) is 13.0 Å². The predicted octanol–water partition coefficient (Wildman–Crippen LogP) is 1.98. The Morgan fingerprint density at radius 1 is 1.59 bits per heavy atom. The fraction of sp³-hybridized carbons (Fsp3) is 0.750. The average Bonchev–Trinajstić information content (AvgIpc) is 2.64. The molecule has 1 aromatic rings. The Morgan fingerprint density at radius 3 is 2.71 bits per heavy atom. The van der Waals surface area contributed by atoms with Gasteiger partial charge in [0.25, 0.3) is 0 Å². The van der Waals surface area contributed by atoms with Gasteiger partial charge in [0.2, 0.25) is 0 Å². The molecule has 0 aliphatic carbocycles. The highest BCUT2D eigenvalue weighted by atomic mass is 16.4. The maximum atomic E-state index is 11.3. The zero-order chi connectivity index (χ0) is 13.1. The number of carboxylic acid groups (broad SMARTS) is 1. The Kier molecular flexibility index (Phi) is 4.26. The largest absolute Gasteiger partial charge is 0.481 e. The van der Waals surface area contributed by atoms with Crippen molar-refractivity contribution in [3.63, 3.8) is 0 Å². The molecule has 1 heterocycles. The minimum atomic E-state index is -0.779. The van der Waals surface area contributed by atoms with Gasteiger partial charge in [-0.1, -0.05) is 20.8 Å². The first-order valence-corrected chi connectivity index (χ1v) is 5.99. The second-order valence-electron chi connectivity index (χ2n) is 5.15. The summed E-state index contributed by atoms with van der Waals surface area (Å²) in [6.45, 7) is 8.61. The maximum Gasteiger partial charge on any atom is 0.309 e. The van der Waals surface area contributed by atoms with Crippen molar-refractivity contribution in [2.75, 3.05) is 0 Å². The van der Waals surface area contributed by atoms with Gasteiger partial charge in [-0.3, -0.25) is 4.79 Å². The van der Waals surface area contributed by atoms with E-state index in [2.05, 4.69) is 23.9 Å². The summed E-state index contributed by atoms with van der Waals surface area (Å²) in [6, 6.07) is 0. The van der Waals surface area contributed by atoms with Gasteiger partial charge in [-0.2, -0.15) is 5.10 Å². The van der Waals surface area contributed by atoms with Gasteiger partial charge in [0.15, 0.2) is 0 Å². The minimum Gasteiger partial charge on any atom is -0.481 e. The second kappa shape index (κ2) is 5.29. The Hall–Kier alpha value is -1.39. The minimum absolute atomic E-state index is 0.422. The molecule has 0 saturated carbocycles. The lowest BCUT2D eigenvalue weighted by atomic mass is 9.84. The van der Waals surface area contributed by atoms with Gasteiger partial charge in [-0.15, -0.1) is 0 Å². The molecular formula is C12H21N3O2. The first-order valence-electron chi connectivity index (χ1n) is 5.99. The average molecular weight is 239 g/mol. The number of aliphatic carboxylic acids is 1. The topological polar surface area (TPSA) is 68.0 Å². The molecule has 96 valence electrons. The molecule has 0 aliphatic heterocycles. The van der Waals surface area contributed by atoms with E-state index in [9.17, 15) is 9.90 Å². The lowest BCUT2D eigenvalue weighted by Gasteiger charge is -2.22. The molecule has 5 heteroatoms. The van der Waals surface area contributed by atoms with Crippen LogP contribution in [0.15, 0.2) is 6.33 Å². The highest BCUT2D eigenvalue weighted by Crippen LogP contribution is 2.26. The number of hydrogen-bond donors (Lipinski definition) is 1. The molecule has 1 rings (SSSR count). The zero-order valence-corrected chi connectivity index (χ0v) is 11.0. The van der Waals surface area contributed by atoms with Crippen LogP contribution in [0.5, 0.6) is 0 Å². The van der Waals surface area contributed by atoms with E-state index in [1.165, 1.54) is 6.33 Å². The van der Waals surface area contributed by atoms with Crippen LogP contribution in [0.1, 0.15) is 39.9 Å². The normalized spacial score (nSPS) is 14.9. The van der Waals surface area contributed by atoms with Crippen molar-refractivity contribution in [1.82, 2.24) is 14.8 Å². The first-order chi connectivity index (χ1) is 7.89. The van der Waals surface area contributed by atoms with E-state index in [0.717, 1.165) is 12.4 Å². The summed E-state index contributed by atoms with van der Waals surface area (Å²) in [6.07, 6.45) is 2.50. The monoisotopic (exact) mass is 239 g/mol. The maximum absolute atomic E-state index is 11.3. The van der Waals surface area contributed by atoms with Crippen LogP contribution in [-0.2, 0) is 17.8 Å². The quantitative estimate of drug-likeness (QED) is 0.824. The number of hydrogen-bond acceptors (Lipinski definition) is 3. The molecule has 0 spiro atoms. The molecule has 0 aromatic carbocycles. The SMILES string of the molecule is CCC(C)(Cc1ncnn1CC(C)C)C(=O)O. The van der Waals surface area contributed by atoms with Gasteiger partial charge in [-0.05, 0) is 19.3 Å². The highest BCUT2D eigenvalue weighted by Gasteiger charge is 2.33. The van der Waals surface area contributed by atoms with Crippen LogP contribution < -0.4 is 0 Å². The highest BCUT2D eigenvalue weighted by molar-refractivity contribution is 5.74. The first kappa shape index (κ1) is 13.7. The second-order valence-corrected chi connectivity index (χ2v) is 5.15. The standard InChI is InChI=1S/C12H21N3O2/c1-5-12(4,11(16)17)6-10-13-8-14-15(10)7-9(2)3/h8-9H,5-7H2,1-4H3,(H,16,17). The summed E-state index contributed by atoms with van der Waals surface area (Å²) in [5.41, 5.74) is -0.762. The van der Waals surface area contributed by atoms with Crippen LogP contribution in [0.25, 0.3) is 0 Å². The molecule has 1 unspecified atom stereocenters. The van der Waals surface area contributed by atoms with Crippen molar-refractivity contribution >= 4 is 5.97 Å². The van der Waals surface area contributed by atoms with Gasteiger partial charge >= 0.3 is 5.97 Å². The van der Waals surface area contributed by atoms with Gasteiger partial charge in [0.1, 0.15) is 12.2 Å². The Morgan fingerprint density at radius 2 is 2.24 bits per heavy atom. The van der Waals surface area contributed by atoms with Gasteiger partial charge < -0.3 is 5.11 Å². The lowest BCUT2D eigenvalue weighted by molar-refractivity contribution is -0.148. The molecule has 0 radical (unpaired) electrons. The molecule has 0 aliphatic rings. The molecule has 0 bridgehead atoms. The van der Waals surface area contributed by atoms with Crippen molar-refractivity contribution < 1.29 is 9.90 Å². The van der Waals surface area contributed by atoms with Crippen LogP contribution in [0.4, 0.5) is 0 Å². The molecule has 17 heavy (non-hydrogen) atoms. The molecule has 0 fully saturated rings. The van der Waals surface area contributed by atoms with E-state index in [1.54, 1.807) is 6.92 Å². The summed E-state index contributed by atoms with van der Waals surface area (Å²) in [7, 11) is 0. The van der Waals surface area contributed by atoms with E-state index in [-0.39, 0.29) is 0 Å². The molecular weight excluding hydrogens is 218 g/mol. The van der Waals surface area contributed by atoms with Gasteiger partial charge in [0.05, 0.1) is 5.41 Å². The summed E-state index contributed by atoms with van der Waals surface area (Å²) < 4.78 is 1.81. The van der Waals surface area contributed by atoms with E-state index in [1.807, 2.05) is 11.6 Å². The molecule has 1 atom stereocenters. The van der Waals surface area contributed by atoms with Crippen LogP contribution >= 0.6 is 0 Å². The van der Waals surface area contributed by atoms with Gasteiger partial charge in [-0.25, -0.2) is 9.67 Å². The molecule has 1 aromatic heterocycles. The Labute approximate surface area is 102 Å². The Bertz CT molecular complexity index is 387. The Balaban J connectivity index is 2.87. The van der Waals surface area contributed by atoms with Crippen LogP contribution in [0.3, 0.4) is 0 Å². The van der Waals surface area contributed by atoms with E-state index in [4.69, 9.17) is 0 Å². The van der Waals surface area contributed by atoms with Crippen molar-refractivity contribution in [2.45, 2.75) is 47.1 Å². The summed E-state index contributed by atoms with van der Waals surface area (Å²) >= 11 is 0. The molecule has 0 saturated heterocycles. The van der Waals surface area contributed by atoms with Crippen molar-refractivity contribution in [3.05, 3.63) is 12.2 Å². The summed E-state index contributed by atoms with van der Waals surface area (Å²) in [5, 5.41) is 13.4. The third-order valence-electron chi connectivity index (χ3n) is 3.08. The molecule has 5 nitrogen and oxygen atoms in total. The number of carboxylic acids is 1. The number of aromatic nitrogens is 3. The van der Waals surface area contributed by atoms with E-state index in [0.29, 0.717) is 18.8 Å². The third-order valence-corrected chi connectivity index (χ3v) is 3.08. The van der Waals surface area contributed by atoms with E-state index >= 15 is 0 Å². The number of carbonyl (C=O) groups is 1. The van der Waals surface area contributed by atoms with Crippen LogP contribution in [-0.4, -0.2) is 25.8 Å². The van der Waals surface area contributed by atoms with Crippen LogP contribution in [0, 0.1) is 11.3 Å². The predicted molar refractivity (Wildman–Crippen MR) is 64.6 cm³/mol. The summed E-state index contributed by atoms with van der Waals surface area (Å²) in [5.74, 6) is 0.442. The smallest absolute Gasteiger partial charge is 0.309 e. The number of rotatable bonds is 6. The third kappa shape index (κ3) is 3.28. The zero-order valence-electron chi connectivity index (χ0n) is 11.0. The fourth-order valence-corrected chi connectivity index (χ4v) is 1.62. The molecule has 0 amide bonds. The fourth-order valence-electron chi connectivity index (χ4n) is 1.62. The lowest BCUT2D eigenvalue weighted by Crippen LogP contribution is -2.31. The van der Waals surface area contributed by atoms with E-state index < -0.39 is 11.4 Å². The number of nitrogens with zero attached hydrogens (tertiary/aromatic N) is 3.